The maximum atomic E-state index is 12.2. The van der Waals surface area contributed by atoms with E-state index in [1.165, 1.54) is 12.8 Å². The largest absolute Gasteiger partial charge is 0.299 e. The molecule has 0 aromatic heterocycles. The highest BCUT2D eigenvalue weighted by atomic mass is 16.2. The van der Waals surface area contributed by atoms with Crippen molar-refractivity contribution in [3.8, 4) is 0 Å². The molecule has 2 fully saturated rings. The average Bonchev–Trinajstić information content (AvgIpc) is 2.79. The van der Waals surface area contributed by atoms with Crippen LogP contribution in [0.15, 0.2) is 0 Å². The molecule has 0 radical (unpaired) electrons. The second kappa shape index (κ2) is 4.07. The molecule has 2 rings (SSSR count). The van der Waals surface area contributed by atoms with E-state index in [4.69, 9.17) is 0 Å². The third kappa shape index (κ3) is 1.75. The molecular formula is C13H20O2. The third-order valence-electron chi connectivity index (χ3n) is 4.20. The number of rotatable bonds is 3. The Morgan fingerprint density at radius 2 is 2.00 bits per heavy atom. The van der Waals surface area contributed by atoms with E-state index in [2.05, 4.69) is 0 Å². The standard InChI is InChI=1S/C13H20O2/c1-2-5-11(14)10-6-9-13(12(10)15)7-3-4-8-13/h10H,2-9H2,1H3. The van der Waals surface area contributed by atoms with Crippen molar-refractivity contribution < 1.29 is 9.59 Å². The van der Waals surface area contributed by atoms with Crippen LogP contribution in [0.1, 0.15) is 58.3 Å². The van der Waals surface area contributed by atoms with Gasteiger partial charge >= 0.3 is 0 Å². The van der Waals surface area contributed by atoms with Crippen molar-refractivity contribution in [1.29, 1.82) is 0 Å². The van der Waals surface area contributed by atoms with E-state index in [-0.39, 0.29) is 17.1 Å². The van der Waals surface area contributed by atoms with Crippen LogP contribution in [-0.4, -0.2) is 11.6 Å². The molecule has 2 heteroatoms. The first-order chi connectivity index (χ1) is 7.19. The van der Waals surface area contributed by atoms with Crippen molar-refractivity contribution in [3.63, 3.8) is 0 Å². The van der Waals surface area contributed by atoms with E-state index in [1.54, 1.807) is 0 Å². The third-order valence-corrected chi connectivity index (χ3v) is 4.20. The summed E-state index contributed by atoms with van der Waals surface area (Å²) in [5, 5.41) is 0. The van der Waals surface area contributed by atoms with Crippen molar-refractivity contribution in [2.24, 2.45) is 11.3 Å². The number of hydrogen-bond acceptors (Lipinski definition) is 2. The van der Waals surface area contributed by atoms with Crippen molar-refractivity contribution in [2.45, 2.75) is 58.3 Å². The van der Waals surface area contributed by atoms with Gasteiger partial charge in [0.1, 0.15) is 11.6 Å². The van der Waals surface area contributed by atoms with Crippen LogP contribution in [0, 0.1) is 11.3 Å². The molecule has 0 amide bonds. The van der Waals surface area contributed by atoms with Crippen molar-refractivity contribution >= 4 is 11.6 Å². The van der Waals surface area contributed by atoms with Crippen molar-refractivity contribution in [2.75, 3.05) is 0 Å². The van der Waals surface area contributed by atoms with Crippen LogP contribution in [0.4, 0.5) is 0 Å². The summed E-state index contributed by atoms with van der Waals surface area (Å²) in [6.45, 7) is 2.00. The Bertz CT molecular complexity index is 274. The van der Waals surface area contributed by atoms with Gasteiger partial charge in [-0.3, -0.25) is 9.59 Å². The molecule has 2 aliphatic rings. The smallest absolute Gasteiger partial charge is 0.149 e. The predicted octanol–water partition coefficient (Wildman–Crippen LogP) is 2.90. The molecule has 0 bridgehead atoms. The van der Waals surface area contributed by atoms with Crippen molar-refractivity contribution in [1.82, 2.24) is 0 Å². The first kappa shape index (κ1) is 10.8. The fourth-order valence-electron chi connectivity index (χ4n) is 3.32. The maximum Gasteiger partial charge on any atom is 0.149 e. The first-order valence-corrected chi connectivity index (χ1v) is 6.27. The van der Waals surface area contributed by atoms with Gasteiger partial charge in [-0.15, -0.1) is 0 Å². The Hall–Kier alpha value is -0.660. The second-order valence-electron chi connectivity index (χ2n) is 5.16. The molecule has 0 aromatic carbocycles. The summed E-state index contributed by atoms with van der Waals surface area (Å²) in [7, 11) is 0. The zero-order valence-corrected chi connectivity index (χ0v) is 9.55. The summed E-state index contributed by atoms with van der Waals surface area (Å²) in [5.74, 6) is 0.257. The molecule has 1 atom stereocenters. The molecule has 2 nitrogen and oxygen atoms in total. The topological polar surface area (TPSA) is 34.1 Å². The van der Waals surface area contributed by atoms with Gasteiger partial charge in [0, 0.05) is 11.8 Å². The molecule has 0 heterocycles. The minimum absolute atomic E-state index is 0.0614. The zero-order valence-electron chi connectivity index (χ0n) is 9.55. The Kier molecular flexibility index (Phi) is 2.94. The van der Waals surface area contributed by atoms with Crippen LogP contribution in [0.3, 0.4) is 0 Å². The van der Waals surface area contributed by atoms with Crippen LogP contribution in [0.2, 0.25) is 0 Å². The molecule has 0 aromatic rings. The van der Waals surface area contributed by atoms with Gasteiger partial charge in [0.15, 0.2) is 0 Å². The summed E-state index contributed by atoms with van der Waals surface area (Å²) in [4.78, 5) is 24.0. The quantitative estimate of drug-likeness (QED) is 0.668. The Labute approximate surface area is 91.4 Å². The number of carbonyl (C=O) groups is 2. The van der Waals surface area contributed by atoms with E-state index in [9.17, 15) is 9.59 Å². The number of carbonyl (C=O) groups excluding carboxylic acids is 2. The van der Waals surface area contributed by atoms with Gasteiger partial charge in [0.2, 0.25) is 0 Å². The first-order valence-electron chi connectivity index (χ1n) is 6.27. The van der Waals surface area contributed by atoms with E-state index in [0.29, 0.717) is 12.2 Å². The maximum absolute atomic E-state index is 12.2. The SMILES string of the molecule is CCCC(=O)C1CCC2(CCCC2)C1=O. The molecule has 1 unspecified atom stereocenters. The Morgan fingerprint density at radius 3 is 2.60 bits per heavy atom. The van der Waals surface area contributed by atoms with E-state index < -0.39 is 0 Å². The molecule has 1 spiro atoms. The van der Waals surface area contributed by atoms with Gasteiger partial charge in [-0.05, 0) is 32.1 Å². The Balaban J connectivity index is 2.06. The fourth-order valence-corrected chi connectivity index (χ4v) is 3.32. The van der Waals surface area contributed by atoms with Gasteiger partial charge < -0.3 is 0 Å². The number of ketones is 2. The minimum Gasteiger partial charge on any atom is -0.299 e. The van der Waals surface area contributed by atoms with Gasteiger partial charge in [-0.2, -0.15) is 0 Å². The zero-order chi connectivity index (χ0) is 10.9. The minimum atomic E-state index is -0.233. The van der Waals surface area contributed by atoms with E-state index >= 15 is 0 Å². The molecule has 2 saturated carbocycles. The van der Waals surface area contributed by atoms with Crippen LogP contribution < -0.4 is 0 Å². The van der Waals surface area contributed by atoms with Crippen molar-refractivity contribution in [3.05, 3.63) is 0 Å². The predicted molar refractivity (Wildman–Crippen MR) is 58.5 cm³/mol. The lowest BCUT2D eigenvalue weighted by Gasteiger charge is -2.20. The lowest BCUT2D eigenvalue weighted by molar-refractivity contribution is -0.135. The molecule has 0 saturated heterocycles. The highest BCUT2D eigenvalue weighted by Gasteiger charge is 2.50. The lowest BCUT2D eigenvalue weighted by atomic mass is 9.81. The summed E-state index contributed by atoms with van der Waals surface area (Å²) < 4.78 is 0. The van der Waals surface area contributed by atoms with Gasteiger partial charge in [-0.25, -0.2) is 0 Å². The summed E-state index contributed by atoms with van der Waals surface area (Å²) in [6.07, 6.45) is 7.72. The normalized spacial score (nSPS) is 28.9. The van der Waals surface area contributed by atoms with Gasteiger partial charge in [-0.1, -0.05) is 19.8 Å². The molecule has 15 heavy (non-hydrogen) atoms. The molecule has 0 N–H and O–H groups in total. The second-order valence-corrected chi connectivity index (χ2v) is 5.16. The number of Topliss-reactive ketones (excluding diaryl/α,β-unsaturated/α-hetero) is 2. The molecule has 84 valence electrons. The molecule has 0 aliphatic heterocycles. The summed E-state index contributed by atoms with van der Waals surface area (Å²) >= 11 is 0. The monoisotopic (exact) mass is 208 g/mol. The van der Waals surface area contributed by atoms with Crippen LogP contribution in [-0.2, 0) is 9.59 Å². The summed E-state index contributed by atoms with van der Waals surface area (Å²) in [5.41, 5.74) is -0.0614. The molecular weight excluding hydrogens is 188 g/mol. The lowest BCUT2D eigenvalue weighted by Crippen LogP contribution is -2.29. The highest BCUT2D eigenvalue weighted by Crippen LogP contribution is 2.50. The van der Waals surface area contributed by atoms with E-state index in [0.717, 1.165) is 32.1 Å². The van der Waals surface area contributed by atoms with Crippen LogP contribution in [0.25, 0.3) is 0 Å². The van der Waals surface area contributed by atoms with Crippen LogP contribution >= 0.6 is 0 Å². The van der Waals surface area contributed by atoms with Gasteiger partial charge in [0.25, 0.3) is 0 Å². The number of hydrogen-bond donors (Lipinski definition) is 0. The Morgan fingerprint density at radius 1 is 1.33 bits per heavy atom. The van der Waals surface area contributed by atoms with Gasteiger partial charge in [0.05, 0.1) is 5.92 Å². The summed E-state index contributed by atoms with van der Waals surface area (Å²) in [6, 6.07) is 0. The fraction of sp³-hybridized carbons (Fsp3) is 0.846. The van der Waals surface area contributed by atoms with E-state index in [1.807, 2.05) is 6.92 Å². The average molecular weight is 208 g/mol. The molecule has 2 aliphatic carbocycles. The highest BCUT2D eigenvalue weighted by molar-refractivity contribution is 6.06. The van der Waals surface area contributed by atoms with Crippen LogP contribution in [0.5, 0.6) is 0 Å².